The SMILES string of the molecule is C[C@@H]1CCC[C@H](C)N1C(=O)CNCCCN1CCOCC1. The van der Waals surface area contributed by atoms with Gasteiger partial charge in [-0.1, -0.05) is 0 Å². The van der Waals surface area contributed by atoms with Crippen molar-refractivity contribution in [3.05, 3.63) is 0 Å². The minimum absolute atomic E-state index is 0.265. The predicted molar refractivity (Wildman–Crippen MR) is 84.4 cm³/mol. The van der Waals surface area contributed by atoms with Crippen molar-refractivity contribution in [1.82, 2.24) is 15.1 Å². The van der Waals surface area contributed by atoms with E-state index in [2.05, 4.69) is 29.0 Å². The molecule has 2 atom stereocenters. The van der Waals surface area contributed by atoms with Crippen molar-refractivity contribution >= 4 is 5.91 Å². The molecular weight excluding hydrogens is 266 g/mol. The fourth-order valence-corrected chi connectivity index (χ4v) is 3.45. The number of ether oxygens (including phenoxy) is 1. The Morgan fingerprint density at radius 1 is 1.19 bits per heavy atom. The number of nitrogens with one attached hydrogen (secondary N) is 1. The van der Waals surface area contributed by atoms with Crippen LogP contribution in [0.25, 0.3) is 0 Å². The third kappa shape index (κ3) is 5.24. The van der Waals surface area contributed by atoms with Crippen molar-refractivity contribution < 1.29 is 9.53 Å². The zero-order valence-electron chi connectivity index (χ0n) is 13.6. The van der Waals surface area contributed by atoms with E-state index in [-0.39, 0.29) is 5.91 Å². The van der Waals surface area contributed by atoms with Gasteiger partial charge in [0.15, 0.2) is 0 Å². The Bertz CT molecular complexity index is 309. The van der Waals surface area contributed by atoms with Gasteiger partial charge < -0.3 is 15.0 Å². The van der Waals surface area contributed by atoms with E-state index in [1.807, 2.05) is 0 Å². The van der Waals surface area contributed by atoms with Crippen LogP contribution in [0.5, 0.6) is 0 Å². The molecule has 0 spiro atoms. The zero-order chi connectivity index (χ0) is 15.1. The van der Waals surface area contributed by atoms with Gasteiger partial charge in [0, 0.05) is 25.2 Å². The quantitative estimate of drug-likeness (QED) is 0.746. The predicted octanol–water partition coefficient (Wildman–Crippen LogP) is 1.09. The van der Waals surface area contributed by atoms with Crippen LogP contribution in [0, 0.1) is 0 Å². The Hall–Kier alpha value is -0.650. The van der Waals surface area contributed by atoms with Crippen LogP contribution in [-0.4, -0.2) is 73.7 Å². The van der Waals surface area contributed by atoms with Crippen molar-refractivity contribution in [2.45, 2.75) is 51.6 Å². The second-order valence-electron chi connectivity index (χ2n) is 6.41. The summed E-state index contributed by atoms with van der Waals surface area (Å²) in [5, 5.41) is 3.31. The molecule has 0 saturated carbocycles. The molecule has 2 heterocycles. The van der Waals surface area contributed by atoms with Crippen LogP contribution in [0.4, 0.5) is 0 Å². The fraction of sp³-hybridized carbons (Fsp3) is 0.938. The lowest BCUT2D eigenvalue weighted by atomic mass is 9.97. The molecule has 0 aromatic heterocycles. The highest BCUT2D eigenvalue weighted by atomic mass is 16.5. The van der Waals surface area contributed by atoms with Gasteiger partial charge in [-0.3, -0.25) is 9.69 Å². The minimum atomic E-state index is 0.265. The molecular formula is C16H31N3O2. The summed E-state index contributed by atoms with van der Waals surface area (Å²) in [5.41, 5.74) is 0. The minimum Gasteiger partial charge on any atom is -0.379 e. The second kappa shape index (κ2) is 8.71. The molecule has 0 aliphatic carbocycles. The summed E-state index contributed by atoms with van der Waals surface area (Å²) >= 11 is 0. The summed E-state index contributed by atoms with van der Waals surface area (Å²) in [6.07, 6.45) is 4.64. The zero-order valence-corrected chi connectivity index (χ0v) is 13.6. The van der Waals surface area contributed by atoms with Gasteiger partial charge in [0.1, 0.15) is 0 Å². The maximum absolute atomic E-state index is 12.3. The number of morpholine rings is 1. The summed E-state index contributed by atoms with van der Waals surface area (Å²) < 4.78 is 5.34. The van der Waals surface area contributed by atoms with Crippen LogP contribution >= 0.6 is 0 Å². The number of nitrogens with zero attached hydrogens (tertiary/aromatic N) is 2. The van der Waals surface area contributed by atoms with Crippen LogP contribution in [0.3, 0.4) is 0 Å². The number of carbonyl (C=O) groups is 1. The third-order valence-corrected chi connectivity index (χ3v) is 4.69. The first-order valence-electron chi connectivity index (χ1n) is 8.50. The second-order valence-corrected chi connectivity index (χ2v) is 6.41. The van der Waals surface area contributed by atoms with E-state index in [0.717, 1.165) is 58.7 Å². The molecule has 5 heteroatoms. The van der Waals surface area contributed by atoms with Gasteiger partial charge in [0.25, 0.3) is 0 Å². The Kier molecular flexibility index (Phi) is 6.93. The Morgan fingerprint density at radius 2 is 1.86 bits per heavy atom. The van der Waals surface area contributed by atoms with E-state index >= 15 is 0 Å². The molecule has 2 aliphatic rings. The normalized spacial score (nSPS) is 27.8. The van der Waals surface area contributed by atoms with Gasteiger partial charge in [0.05, 0.1) is 19.8 Å². The summed E-state index contributed by atoms with van der Waals surface area (Å²) in [4.78, 5) is 16.8. The molecule has 2 rings (SSSR count). The molecule has 0 bridgehead atoms. The molecule has 21 heavy (non-hydrogen) atoms. The highest BCUT2D eigenvalue weighted by molar-refractivity contribution is 5.79. The van der Waals surface area contributed by atoms with Crippen molar-refractivity contribution in [2.24, 2.45) is 0 Å². The number of hydrogen-bond donors (Lipinski definition) is 1. The van der Waals surface area contributed by atoms with E-state index < -0.39 is 0 Å². The van der Waals surface area contributed by atoms with Gasteiger partial charge in [-0.2, -0.15) is 0 Å². The Balaban J connectivity index is 1.58. The lowest BCUT2D eigenvalue weighted by molar-refractivity contribution is -0.136. The van der Waals surface area contributed by atoms with Crippen LogP contribution < -0.4 is 5.32 Å². The average Bonchev–Trinajstić information content (AvgIpc) is 2.48. The first-order chi connectivity index (χ1) is 10.2. The van der Waals surface area contributed by atoms with E-state index in [0.29, 0.717) is 18.6 Å². The first kappa shape index (κ1) is 16.7. The molecule has 1 amide bonds. The topological polar surface area (TPSA) is 44.8 Å². The summed E-state index contributed by atoms with van der Waals surface area (Å²) in [6.45, 7) is 10.6. The number of carbonyl (C=O) groups excluding carboxylic acids is 1. The maximum Gasteiger partial charge on any atom is 0.237 e. The van der Waals surface area contributed by atoms with Crippen molar-refractivity contribution in [3.8, 4) is 0 Å². The number of amides is 1. The van der Waals surface area contributed by atoms with Crippen LogP contribution in [0.1, 0.15) is 39.5 Å². The lowest BCUT2D eigenvalue weighted by Crippen LogP contribution is -2.50. The maximum atomic E-state index is 12.3. The largest absolute Gasteiger partial charge is 0.379 e. The summed E-state index contributed by atoms with van der Waals surface area (Å²) in [5.74, 6) is 0.265. The van der Waals surface area contributed by atoms with E-state index in [1.165, 1.54) is 6.42 Å². The van der Waals surface area contributed by atoms with Gasteiger partial charge in [0.2, 0.25) is 5.91 Å². The standard InChI is InChI=1S/C16H31N3O2/c1-14-5-3-6-15(2)19(14)16(20)13-17-7-4-8-18-9-11-21-12-10-18/h14-15,17H,3-13H2,1-2H3/t14-,15+. The monoisotopic (exact) mass is 297 g/mol. The van der Waals surface area contributed by atoms with Gasteiger partial charge >= 0.3 is 0 Å². The van der Waals surface area contributed by atoms with Crippen LogP contribution in [-0.2, 0) is 9.53 Å². The van der Waals surface area contributed by atoms with Gasteiger partial charge in [-0.25, -0.2) is 0 Å². The molecule has 0 unspecified atom stereocenters. The Labute approximate surface area is 129 Å². The number of piperidine rings is 1. The highest BCUT2D eigenvalue weighted by Gasteiger charge is 2.28. The smallest absolute Gasteiger partial charge is 0.237 e. The van der Waals surface area contributed by atoms with Gasteiger partial charge in [-0.05, 0) is 52.6 Å². The van der Waals surface area contributed by atoms with Crippen molar-refractivity contribution in [2.75, 3.05) is 45.9 Å². The van der Waals surface area contributed by atoms with E-state index in [1.54, 1.807) is 0 Å². The third-order valence-electron chi connectivity index (χ3n) is 4.69. The molecule has 1 N–H and O–H groups in total. The Morgan fingerprint density at radius 3 is 2.52 bits per heavy atom. The molecule has 2 fully saturated rings. The number of likely N-dealkylation sites (tertiary alicyclic amines) is 1. The molecule has 122 valence electrons. The summed E-state index contributed by atoms with van der Waals surface area (Å²) in [6, 6.07) is 0.799. The van der Waals surface area contributed by atoms with Crippen LogP contribution in [0.15, 0.2) is 0 Å². The molecule has 0 aromatic rings. The van der Waals surface area contributed by atoms with Crippen molar-refractivity contribution in [3.63, 3.8) is 0 Å². The average molecular weight is 297 g/mol. The highest BCUT2D eigenvalue weighted by Crippen LogP contribution is 2.22. The lowest BCUT2D eigenvalue weighted by Gasteiger charge is -2.39. The summed E-state index contributed by atoms with van der Waals surface area (Å²) in [7, 11) is 0. The molecule has 2 saturated heterocycles. The molecule has 0 radical (unpaired) electrons. The fourth-order valence-electron chi connectivity index (χ4n) is 3.45. The first-order valence-corrected chi connectivity index (χ1v) is 8.50. The number of hydrogen-bond acceptors (Lipinski definition) is 4. The molecule has 0 aromatic carbocycles. The van der Waals surface area contributed by atoms with E-state index in [4.69, 9.17) is 4.74 Å². The van der Waals surface area contributed by atoms with Crippen LogP contribution in [0.2, 0.25) is 0 Å². The van der Waals surface area contributed by atoms with Crippen molar-refractivity contribution in [1.29, 1.82) is 0 Å². The molecule has 5 nitrogen and oxygen atoms in total. The van der Waals surface area contributed by atoms with Gasteiger partial charge in [-0.15, -0.1) is 0 Å². The van der Waals surface area contributed by atoms with E-state index in [9.17, 15) is 4.79 Å². The molecule has 2 aliphatic heterocycles. The number of rotatable bonds is 6.